The van der Waals surface area contributed by atoms with Crippen LogP contribution in [0, 0.1) is 0 Å². The molecule has 0 saturated carbocycles. The Bertz CT molecular complexity index is 733. The number of aryl methyl sites for hydroxylation is 1. The van der Waals surface area contributed by atoms with E-state index < -0.39 is 6.09 Å². The SMILES string of the molecule is COc1cncc(CCC(=O)N2C(=O)OC[C@H]2c2ccccc2)c1. The summed E-state index contributed by atoms with van der Waals surface area (Å²) in [6, 6.07) is 10.9. The Morgan fingerprint density at radius 3 is 2.88 bits per heavy atom. The van der Waals surface area contributed by atoms with Gasteiger partial charge in [0.1, 0.15) is 18.4 Å². The van der Waals surface area contributed by atoms with Crippen LogP contribution in [-0.4, -0.2) is 35.6 Å². The van der Waals surface area contributed by atoms with E-state index in [2.05, 4.69) is 4.98 Å². The van der Waals surface area contributed by atoms with Crippen LogP contribution in [0.2, 0.25) is 0 Å². The van der Waals surface area contributed by atoms with Crippen molar-refractivity contribution in [3.8, 4) is 5.75 Å². The van der Waals surface area contributed by atoms with Crippen LogP contribution in [0.3, 0.4) is 0 Å². The summed E-state index contributed by atoms with van der Waals surface area (Å²) in [6.45, 7) is 0.190. The quantitative estimate of drug-likeness (QED) is 0.845. The average Bonchev–Trinajstić information content (AvgIpc) is 3.02. The van der Waals surface area contributed by atoms with Gasteiger partial charge in [-0.05, 0) is 23.6 Å². The topological polar surface area (TPSA) is 68.7 Å². The fraction of sp³-hybridized carbons (Fsp3) is 0.278. The number of rotatable bonds is 5. The lowest BCUT2D eigenvalue weighted by Crippen LogP contribution is -2.34. The predicted octanol–water partition coefficient (Wildman–Crippen LogP) is 2.74. The molecular formula is C18H18N2O4. The number of ether oxygens (including phenoxy) is 2. The van der Waals surface area contributed by atoms with Crippen LogP contribution in [0.15, 0.2) is 48.8 Å². The number of nitrogens with zero attached hydrogens (tertiary/aromatic N) is 2. The molecule has 6 nitrogen and oxygen atoms in total. The molecule has 6 heteroatoms. The van der Waals surface area contributed by atoms with Gasteiger partial charge in [0.2, 0.25) is 5.91 Å². The highest BCUT2D eigenvalue weighted by Gasteiger charge is 2.38. The van der Waals surface area contributed by atoms with Gasteiger partial charge in [0.15, 0.2) is 0 Å². The molecule has 0 unspecified atom stereocenters. The van der Waals surface area contributed by atoms with Crippen LogP contribution >= 0.6 is 0 Å². The van der Waals surface area contributed by atoms with Crippen molar-refractivity contribution in [3.05, 3.63) is 59.9 Å². The van der Waals surface area contributed by atoms with E-state index in [4.69, 9.17) is 9.47 Å². The Labute approximate surface area is 140 Å². The van der Waals surface area contributed by atoms with Crippen molar-refractivity contribution in [1.82, 2.24) is 9.88 Å². The molecule has 0 spiro atoms. The normalized spacial score (nSPS) is 16.8. The molecule has 1 aliphatic rings. The molecule has 1 atom stereocenters. The van der Waals surface area contributed by atoms with Crippen LogP contribution in [-0.2, 0) is 16.0 Å². The number of imide groups is 1. The molecule has 1 aromatic carbocycles. The average molecular weight is 326 g/mol. The number of aromatic nitrogens is 1. The molecule has 124 valence electrons. The lowest BCUT2D eigenvalue weighted by atomic mass is 10.1. The summed E-state index contributed by atoms with van der Waals surface area (Å²) >= 11 is 0. The fourth-order valence-corrected chi connectivity index (χ4v) is 2.70. The third-order valence-corrected chi connectivity index (χ3v) is 3.96. The number of carbonyl (C=O) groups is 2. The molecular weight excluding hydrogens is 308 g/mol. The van der Waals surface area contributed by atoms with E-state index in [0.717, 1.165) is 11.1 Å². The molecule has 0 radical (unpaired) electrons. The standard InChI is InChI=1S/C18H18N2O4/c1-23-15-9-13(10-19-11-15)7-8-17(21)20-16(12-24-18(20)22)14-5-3-2-4-6-14/h2-6,9-11,16H,7-8,12H2,1H3/t16-/m0/s1. The molecule has 1 aromatic heterocycles. The molecule has 2 amide bonds. The summed E-state index contributed by atoms with van der Waals surface area (Å²) in [7, 11) is 1.57. The van der Waals surface area contributed by atoms with Gasteiger partial charge in [0.25, 0.3) is 0 Å². The Balaban J connectivity index is 1.69. The maximum atomic E-state index is 12.5. The van der Waals surface area contributed by atoms with Crippen molar-refractivity contribution in [2.75, 3.05) is 13.7 Å². The van der Waals surface area contributed by atoms with Crippen LogP contribution in [0.5, 0.6) is 5.75 Å². The van der Waals surface area contributed by atoms with E-state index in [0.29, 0.717) is 12.2 Å². The Kier molecular flexibility index (Phi) is 4.74. The third kappa shape index (κ3) is 3.37. The smallest absolute Gasteiger partial charge is 0.417 e. The lowest BCUT2D eigenvalue weighted by Gasteiger charge is -2.19. The van der Waals surface area contributed by atoms with Crippen LogP contribution in [0.25, 0.3) is 0 Å². The number of pyridine rings is 1. The summed E-state index contributed by atoms with van der Waals surface area (Å²) < 4.78 is 10.2. The first-order chi connectivity index (χ1) is 11.7. The van der Waals surface area contributed by atoms with Gasteiger partial charge in [-0.15, -0.1) is 0 Å². The van der Waals surface area contributed by atoms with E-state index >= 15 is 0 Å². The number of hydrogen-bond donors (Lipinski definition) is 0. The van der Waals surface area contributed by atoms with Gasteiger partial charge >= 0.3 is 6.09 Å². The van der Waals surface area contributed by atoms with Gasteiger partial charge in [0, 0.05) is 12.6 Å². The molecule has 24 heavy (non-hydrogen) atoms. The van der Waals surface area contributed by atoms with E-state index in [-0.39, 0.29) is 25.0 Å². The lowest BCUT2D eigenvalue weighted by molar-refractivity contribution is -0.129. The van der Waals surface area contributed by atoms with Crippen molar-refractivity contribution < 1.29 is 19.1 Å². The van der Waals surface area contributed by atoms with Gasteiger partial charge in [-0.1, -0.05) is 30.3 Å². The summed E-state index contributed by atoms with van der Waals surface area (Å²) in [5.41, 5.74) is 1.77. The number of methoxy groups -OCH3 is 1. The minimum atomic E-state index is -0.586. The number of cyclic esters (lactones) is 1. The number of amides is 2. The second kappa shape index (κ2) is 7.12. The van der Waals surface area contributed by atoms with Gasteiger partial charge in [0.05, 0.1) is 13.3 Å². The monoisotopic (exact) mass is 326 g/mol. The second-order valence-corrected chi connectivity index (χ2v) is 5.50. The van der Waals surface area contributed by atoms with Crippen molar-refractivity contribution in [2.24, 2.45) is 0 Å². The number of carbonyl (C=O) groups excluding carboxylic acids is 2. The van der Waals surface area contributed by atoms with Crippen molar-refractivity contribution in [2.45, 2.75) is 18.9 Å². The molecule has 2 aromatic rings. The summed E-state index contributed by atoms with van der Waals surface area (Å²) in [5, 5.41) is 0. The van der Waals surface area contributed by atoms with Gasteiger partial charge < -0.3 is 9.47 Å². The summed E-state index contributed by atoms with van der Waals surface area (Å²) in [4.78, 5) is 29.8. The highest BCUT2D eigenvalue weighted by molar-refractivity contribution is 5.93. The second-order valence-electron chi connectivity index (χ2n) is 5.50. The molecule has 3 rings (SSSR count). The third-order valence-electron chi connectivity index (χ3n) is 3.96. The first kappa shape index (κ1) is 16.0. The van der Waals surface area contributed by atoms with E-state index in [1.54, 1.807) is 19.5 Å². The summed E-state index contributed by atoms with van der Waals surface area (Å²) in [6.07, 6.45) is 3.39. The zero-order valence-electron chi connectivity index (χ0n) is 13.3. The summed E-state index contributed by atoms with van der Waals surface area (Å²) in [5.74, 6) is 0.386. The van der Waals surface area contributed by atoms with Crippen molar-refractivity contribution in [3.63, 3.8) is 0 Å². The van der Waals surface area contributed by atoms with Crippen molar-refractivity contribution >= 4 is 12.0 Å². The Morgan fingerprint density at radius 2 is 2.12 bits per heavy atom. The van der Waals surface area contributed by atoms with Gasteiger partial charge in [-0.25, -0.2) is 9.69 Å². The largest absolute Gasteiger partial charge is 0.495 e. The zero-order chi connectivity index (χ0) is 16.9. The number of hydrogen-bond acceptors (Lipinski definition) is 5. The molecule has 0 N–H and O–H groups in total. The van der Waals surface area contributed by atoms with E-state index in [1.807, 2.05) is 36.4 Å². The maximum absolute atomic E-state index is 12.5. The van der Waals surface area contributed by atoms with Gasteiger partial charge in [-0.2, -0.15) is 0 Å². The molecule has 1 saturated heterocycles. The fourth-order valence-electron chi connectivity index (χ4n) is 2.70. The Morgan fingerprint density at radius 1 is 1.33 bits per heavy atom. The highest BCUT2D eigenvalue weighted by atomic mass is 16.6. The first-order valence-electron chi connectivity index (χ1n) is 7.70. The highest BCUT2D eigenvalue weighted by Crippen LogP contribution is 2.28. The van der Waals surface area contributed by atoms with Crippen LogP contribution in [0.4, 0.5) is 4.79 Å². The zero-order valence-corrected chi connectivity index (χ0v) is 13.3. The Hall–Kier alpha value is -2.89. The van der Waals surface area contributed by atoms with Crippen LogP contribution in [0.1, 0.15) is 23.6 Å². The predicted molar refractivity (Wildman–Crippen MR) is 86.5 cm³/mol. The van der Waals surface area contributed by atoms with E-state index in [1.165, 1.54) is 4.90 Å². The molecule has 0 aliphatic carbocycles. The molecule has 1 fully saturated rings. The van der Waals surface area contributed by atoms with Gasteiger partial charge in [-0.3, -0.25) is 9.78 Å². The first-order valence-corrected chi connectivity index (χ1v) is 7.70. The van der Waals surface area contributed by atoms with Crippen molar-refractivity contribution in [1.29, 1.82) is 0 Å². The van der Waals surface area contributed by atoms with E-state index in [9.17, 15) is 9.59 Å². The minimum absolute atomic E-state index is 0.190. The minimum Gasteiger partial charge on any atom is -0.495 e. The maximum Gasteiger partial charge on any atom is 0.417 e. The van der Waals surface area contributed by atoms with Crippen LogP contribution < -0.4 is 4.74 Å². The number of benzene rings is 1. The molecule has 2 heterocycles. The molecule has 1 aliphatic heterocycles. The molecule has 0 bridgehead atoms.